The van der Waals surface area contributed by atoms with E-state index in [1.165, 1.54) is 13.2 Å². The van der Waals surface area contributed by atoms with Crippen LogP contribution < -0.4 is 20.2 Å². The normalized spacial score (nSPS) is 10.6. The van der Waals surface area contributed by atoms with Crippen molar-refractivity contribution in [1.82, 2.24) is 0 Å². The molecule has 1 N–H and O–H groups in total. The minimum atomic E-state index is -0.322. The highest BCUT2D eigenvalue weighted by Gasteiger charge is 2.14. The summed E-state index contributed by atoms with van der Waals surface area (Å²) in [6.07, 6.45) is 0. The van der Waals surface area contributed by atoms with Gasteiger partial charge in [-0.2, -0.15) is 0 Å². The van der Waals surface area contributed by atoms with Crippen LogP contribution in [0, 0.1) is 0 Å². The van der Waals surface area contributed by atoms with E-state index in [9.17, 15) is 9.59 Å². The Kier molecular flexibility index (Phi) is 5.71. The van der Waals surface area contributed by atoms with Crippen LogP contribution in [-0.4, -0.2) is 19.6 Å². The van der Waals surface area contributed by atoms with Gasteiger partial charge in [-0.25, -0.2) is 0 Å². The number of carbonyl (C=O) groups excluding carboxylic acids is 1. The summed E-state index contributed by atoms with van der Waals surface area (Å²) in [4.78, 5) is 25.4. The number of amides is 1. The van der Waals surface area contributed by atoms with Crippen molar-refractivity contribution in [3.05, 3.63) is 88.6 Å². The first kappa shape index (κ1) is 20.2. The fourth-order valence-electron chi connectivity index (χ4n) is 3.35. The number of benzene rings is 3. The molecule has 0 bridgehead atoms. The van der Waals surface area contributed by atoms with Crippen molar-refractivity contribution in [2.75, 3.05) is 19.0 Å². The van der Waals surface area contributed by atoms with E-state index in [-0.39, 0.29) is 11.3 Å². The van der Waals surface area contributed by atoms with Crippen LogP contribution >= 0.6 is 0 Å². The molecule has 0 radical (unpaired) electrons. The Bertz CT molecular complexity index is 1310. The zero-order valence-corrected chi connectivity index (χ0v) is 17.2. The number of para-hydroxylation sites is 2. The number of nitrogens with one attached hydrogen (secondary N) is 1. The Labute approximate surface area is 179 Å². The fraction of sp³-hybridized carbons (Fsp3) is 0.120. The van der Waals surface area contributed by atoms with Crippen LogP contribution in [0.15, 0.2) is 82.0 Å². The van der Waals surface area contributed by atoms with E-state index in [2.05, 4.69) is 5.32 Å². The van der Waals surface area contributed by atoms with Crippen LogP contribution in [0.4, 0.5) is 5.69 Å². The summed E-state index contributed by atoms with van der Waals surface area (Å²) in [5, 5.41) is 3.25. The molecule has 4 rings (SSSR count). The van der Waals surface area contributed by atoms with Gasteiger partial charge in [-0.3, -0.25) is 9.59 Å². The maximum absolute atomic E-state index is 12.7. The number of anilines is 1. The van der Waals surface area contributed by atoms with E-state index >= 15 is 0 Å². The molecule has 1 amide bonds. The van der Waals surface area contributed by atoms with Crippen molar-refractivity contribution in [2.24, 2.45) is 0 Å². The maximum Gasteiger partial charge on any atom is 0.259 e. The Balaban J connectivity index is 1.72. The number of methoxy groups -OCH3 is 1. The van der Waals surface area contributed by atoms with Crippen LogP contribution in [0.5, 0.6) is 11.5 Å². The van der Waals surface area contributed by atoms with Crippen molar-refractivity contribution in [3.8, 4) is 22.8 Å². The molecule has 3 aromatic carbocycles. The molecule has 0 unspecified atom stereocenters. The summed E-state index contributed by atoms with van der Waals surface area (Å²) in [6, 6.07) is 20.7. The zero-order valence-electron chi connectivity index (χ0n) is 17.2. The van der Waals surface area contributed by atoms with Crippen LogP contribution in [0.1, 0.15) is 17.3 Å². The van der Waals surface area contributed by atoms with E-state index in [1.54, 1.807) is 42.5 Å². The van der Waals surface area contributed by atoms with Gasteiger partial charge in [0.2, 0.25) is 0 Å². The highest BCUT2D eigenvalue weighted by Crippen LogP contribution is 2.31. The van der Waals surface area contributed by atoms with E-state index in [0.29, 0.717) is 51.6 Å². The Morgan fingerprint density at radius 3 is 2.48 bits per heavy atom. The summed E-state index contributed by atoms with van der Waals surface area (Å²) >= 11 is 0. The van der Waals surface area contributed by atoms with Crippen molar-refractivity contribution < 1.29 is 18.7 Å². The summed E-state index contributed by atoms with van der Waals surface area (Å²) in [5.41, 5.74) is 1.79. The standard InChI is InChI=1S/C25H21NO5/c1-3-30-22-11-7-4-8-18(22)24-15-20(27)17-13-12-16(14-23(17)31-24)26-25(28)19-9-5-6-10-21(19)29-2/h4-15H,3H2,1-2H3,(H,26,28). The Morgan fingerprint density at radius 1 is 0.968 bits per heavy atom. The highest BCUT2D eigenvalue weighted by molar-refractivity contribution is 6.06. The molecule has 0 saturated carbocycles. The van der Waals surface area contributed by atoms with Gasteiger partial charge in [0.05, 0.1) is 30.2 Å². The van der Waals surface area contributed by atoms with E-state index in [1.807, 2.05) is 31.2 Å². The minimum Gasteiger partial charge on any atom is -0.496 e. The van der Waals surface area contributed by atoms with E-state index in [0.717, 1.165) is 0 Å². The summed E-state index contributed by atoms with van der Waals surface area (Å²) in [5.74, 6) is 1.18. The van der Waals surface area contributed by atoms with Crippen molar-refractivity contribution in [1.29, 1.82) is 0 Å². The predicted molar refractivity (Wildman–Crippen MR) is 120 cm³/mol. The van der Waals surface area contributed by atoms with Crippen molar-refractivity contribution >= 4 is 22.6 Å². The second kappa shape index (κ2) is 8.75. The van der Waals surface area contributed by atoms with Crippen LogP contribution in [-0.2, 0) is 0 Å². The van der Waals surface area contributed by atoms with Gasteiger partial charge in [0.15, 0.2) is 5.43 Å². The van der Waals surface area contributed by atoms with Gasteiger partial charge < -0.3 is 19.2 Å². The van der Waals surface area contributed by atoms with Gasteiger partial charge in [0.25, 0.3) is 5.91 Å². The first-order valence-corrected chi connectivity index (χ1v) is 9.85. The third-order valence-electron chi connectivity index (χ3n) is 4.79. The molecule has 31 heavy (non-hydrogen) atoms. The molecule has 6 nitrogen and oxygen atoms in total. The fourth-order valence-corrected chi connectivity index (χ4v) is 3.35. The number of rotatable bonds is 6. The lowest BCUT2D eigenvalue weighted by atomic mass is 10.1. The molecular formula is C25H21NO5. The van der Waals surface area contributed by atoms with Gasteiger partial charge in [-0.05, 0) is 43.3 Å². The smallest absolute Gasteiger partial charge is 0.259 e. The van der Waals surface area contributed by atoms with E-state index in [4.69, 9.17) is 13.9 Å². The maximum atomic E-state index is 12.7. The first-order valence-electron chi connectivity index (χ1n) is 9.85. The zero-order chi connectivity index (χ0) is 21.8. The number of hydrogen-bond donors (Lipinski definition) is 1. The monoisotopic (exact) mass is 415 g/mol. The third kappa shape index (κ3) is 4.14. The highest BCUT2D eigenvalue weighted by atomic mass is 16.5. The molecule has 156 valence electrons. The average molecular weight is 415 g/mol. The lowest BCUT2D eigenvalue weighted by Gasteiger charge is -2.11. The molecule has 0 spiro atoms. The van der Waals surface area contributed by atoms with Crippen molar-refractivity contribution in [2.45, 2.75) is 6.92 Å². The van der Waals surface area contributed by atoms with Gasteiger partial charge >= 0.3 is 0 Å². The minimum absolute atomic E-state index is 0.176. The molecule has 1 aromatic heterocycles. The second-order valence-corrected chi connectivity index (χ2v) is 6.77. The molecule has 0 fully saturated rings. The molecule has 0 aliphatic heterocycles. The lowest BCUT2D eigenvalue weighted by molar-refractivity contribution is 0.102. The quantitative estimate of drug-likeness (QED) is 0.473. The molecule has 0 aliphatic rings. The molecule has 0 aliphatic carbocycles. The number of carbonyl (C=O) groups is 1. The number of fused-ring (bicyclic) bond motifs is 1. The van der Waals surface area contributed by atoms with Gasteiger partial charge in [-0.1, -0.05) is 24.3 Å². The first-order chi connectivity index (χ1) is 15.1. The second-order valence-electron chi connectivity index (χ2n) is 6.77. The SMILES string of the molecule is CCOc1ccccc1-c1cc(=O)c2ccc(NC(=O)c3ccccc3OC)cc2o1. The lowest BCUT2D eigenvalue weighted by Crippen LogP contribution is -2.13. The van der Waals surface area contributed by atoms with Crippen LogP contribution in [0.3, 0.4) is 0 Å². The molecule has 6 heteroatoms. The van der Waals surface area contributed by atoms with Gasteiger partial charge in [0, 0.05) is 17.8 Å². The average Bonchev–Trinajstić information content (AvgIpc) is 2.79. The third-order valence-corrected chi connectivity index (χ3v) is 4.79. The van der Waals surface area contributed by atoms with Gasteiger partial charge in [0.1, 0.15) is 22.8 Å². The predicted octanol–water partition coefficient (Wildman–Crippen LogP) is 5.12. The molecule has 0 saturated heterocycles. The molecular weight excluding hydrogens is 394 g/mol. The summed E-state index contributed by atoms with van der Waals surface area (Å²) in [6.45, 7) is 2.39. The van der Waals surface area contributed by atoms with Crippen LogP contribution in [0.25, 0.3) is 22.3 Å². The largest absolute Gasteiger partial charge is 0.496 e. The Hall–Kier alpha value is -4.06. The summed E-state index contributed by atoms with van der Waals surface area (Å²) < 4.78 is 16.9. The molecule has 1 heterocycles. The number of hydrogen-bond acceptors (Lipinski definition) is 5. The molecule has 4 aromatic rings. The Morgan fingerprint density at radius 2 is 1.71 bits per heavy atom. The van der Waals surface area contributed by atoms with Crippen molar-refractivity contribution in [3.63, 3.8) is 0 Å². The topological polar surface area (TPSA) is 77.8 Å². The van der Waals surface area contributed by atoms with Crippen LogP contribution in [0.2, 0.25) is 0 Å². The number of ether oxygens (including phenoxy) is 2. The summed E-state index contributed by atoms with van der Waals surface area (Å²) in [7, 11) is 1.51. The molecule has 0 atom stereocenters. The van der Waals surface area contributed by atoms with Gasteiger partial charge in [-0.15, -0.1) is 0 Å². The van der Waals surface area contributed by atoms with E-state index < -0.39 is 0 Å².